The molecular weight excluding hydrogens is 172 g/mol. The molecule has 0 amide bonds. The lowest BCUT2D eigenvalue weighted by Gasteiger charge is -2.15. The zero-order chi connectivity index (χ0) is 10.1. The van der Waals surface area contributed by atoms with Crippen LogP contribution < -0.4 is 0 Å². The molecule has 0 saturated heterocycles. The number of hydrogen-bond acceptors (Lipinski definition) is 1. The van der Waals surface area contributed by atoms with E-state index < -0.39 is 0 Å². The lowest BCUT2D eigenvalue weighted by atomic mass is 9.96. The molecule has 1 nitrogen and oxygen atoms in total. The van der Waals surface area contributed by atoms with Crippen LogP contribution in [0.15, 0.2) is 24.3 Å². The minimum Gasteiger partial charge on any atom is -0.388 e. The Morgan fingerprint density at radius 2 is 2.00 bits per heavy atom. The SMILES string of the molecule is CC(C)C(O)c1cccc(C2CC2)c1. The van der Waals surface area contributed by atoms with Crippen LogP contribution in [0.1, 0.15) is 49.8 Å². The number of aliphatic hydroxyl groups excluding tert-OH is 1. The summed E-state index contributed by atoms with van der Waals surface area (Å²) in [5.74, 6) is 1.07. The van der Waals surface area contributed by atoms with Crippen LogP contribution in [-0.4, -0.2) is 5.11 Å². The third-order valence-corrected chi connectivity index (χ3v) is 2.93. The third kappa shape index (κ3) is 1.98. The first kappa shape index (κ1) is 9.72. The van der Waals surface area contributed by atoms with Gasteiger partial charge in [0.1, 0.15) is 0 Å². The largest absolute Gasteiger partial charge is 0.388 e. The summed E-state index contributed by atoms with van der Waals surface area (Å²) in [4.78, 5) is 0. The maximum absolute atomic E-state index is 9.92. The van der Waals surface area contributed by atoms with Crippen molar-refractivity contribution in [1.82, 2.24) is 0 Å². The molecule has 1 aliphatic carbocycles. The monoisotopic (exact) mass is 190 g/mol. The summed E-state index contributed by atoms with van der Waals surface area (Å²) in [6.07, 6.45) is 2.33. The summed E-state index contributed by atoms with van der Waals surface area (Å²) in [7, 11) is 0. The van der Waals surface area contributed by atoms with Crippen molar-refractivity contribution in [2.75, 3.05) is 0 Å². The maximum atomic E-state index is 9.92. The minimum absolute atomic E-state index is 0.296. The smallest absolute Gasteiger partial charge is 0.0813 e. The van der Waals surface area contributed by atoms with Crippen molar-refractivity contribution in [3.8, 4) is 0 Å². The molecule has 0 bridgehead atoms. The Hall–Kier alpha value is -0.820. The van der Waals surface area contributed by atoms with E-state index in [1.54, 1.807) is 0 Å². The van der Waals surface area contributed by atoms with E-state index in [1.807, 2.05) is 6.07 Å². The highest BCUT2D eigenvalue weighted by Gasteiger charge is 2.24. The lowest BCUT2D eigenvalue weighted by molar-refractivity contribution is 0.127. The van der Waals surface area contributed by atoms with Gasteiger partial charge in [-0.3, -0.25) is 0 Å². The van der Waals surface area contributed by atoms with Crippen LogP contribution >= 0.6 is 0 Å². The zero-order valence-corrected chi connectivity index (χ0v) is 8.90. The van der Waals surface area contributed by atoms with Crippen molar-refractivity contribution in [3.63, 3.8) is 0 Å². The molecule has 2 rings (SSSR count). The minimum atomic E-state index is -0.311. The summed E-state index contributed by atoms with van der Waals surface area (Å²) in [6.45, 7) is 4.10. The van der Waals surface area contributed by atoms with Crippen molar-refractivity contribution in [3.05, 3.63) is 35.4 Å². The Morgan fingerprint density at radius 3 is 2.57 bits per heavy atom. The molecular formula is C13H18O. The molecule has 1 fully saturated rings. The van der Waals surface area contributed by atoms with Crippen LogP contribution in [0.2, 0.25) is 0 Å². The molecule has 1 N–H and O–H groups in total. The molecule has 0 heterocycles. The summed E-state index contributed by atoms with van der Waals surface area (Å²) < 4.78 is 0. The second-order valence-corrected chi connectivity index (χ2v) is 4.63. The van der Waals surface area contributed by atoms with Gasteiger partial charge in [0, 0.05) is 0 Å². The van der Waals surface area contributed by atoms with Crippen LogP contribution in [0, 0.1) is 5.92 Å². The molecule has 1 atom stereocenters. The van der Waals surface area contributed by atoms with Gasteiger partial charge in [-0.05, 0) is 35.8 Å². The van der Waals surface area contributed by atoms with Gasteiger partial charge in [0.05, 0.1) is 6.10 Å². The molecule has 1 aromatic rings. The Morgan fingerprint density at radius 1 is 1.29 bits per heavy atom. The van der Waals surface area contributed by atoms with Crippen molar-refractivity contribution >= 4 is 0 Å². The Balaban J connectivity index is 2.20. The first-order chi connectivity index (χ1) is 6.68. The van der Waals surface area contributed by atoms with Crippen molar-refractivity contribution in [2.45, 2.75) is 38.7 Å². The van der Waals surface area contributed by atoms with Gasteiger partial charge in [-0.2, -0.15) is 0 Å². The first-order valence-corrected chi connectivity index (χ1v) is 5.46. The van der Waals surface area contributed by atoms with Gasteiger partial charge < -0.3 is 5.11 Å². The van der Waals surface area contributed by atoms with Gasteiger partial charge >= 0.3 is 0 Å². The number of aliphatic hydroxyl groups is 1. The van der Waals surface area contributed by atoms with E-state index in [1.165, 1.54) is 18.4 Å². The zero-order valence-electron chi connectivity index (χ0n) is 8.90. The Labute approximate surface area is 85.8 Å². The highest BCUT2D eigenvalue weighted by Crippen LogP contribution is 2.40. The number of hydrogen-bond donors (Lipinski definition) is 1. The molecule has 0 spiro atoms. The fraction of sp³-hybridized carbons (Fsp3) is 0.538. The quantitative estimate of drug-likeness (QED) is 0.775. The molecule has 14 heavy (non-hydrogen) atoms. The topological polar surface area (TPSA) is 20.2 Å². The average Bonchev–Trinajstić information content (AvgIpc) is 3.00. The third-order valence-electron chi connectivity index (χ3n) is 2.93. The summed E-state index contributed by atoms with van der Waals surface area (Å²) in [6, 6.07) is 8.43. The van der Waals surface area contributed by atoms with Gasteiger partial charge in [0.15, 0.2) is 0 Å². The predicted octanol–water partition coefficient (Wildman–Crippen LogP) is 3.25. The van der Waals surface area contributed by atoms with E-state index in [2.05, 4.69) is 32.0 Å². The number of rotatable bonds is 3. The van der Waals surface area contributed by atoms with Crippen LogP contribution in [0.4, 0.5) is 0 Å². The molecule has 0 aromatic heterocycles. The maximum Gasteiger partial charge on any atom is 0.0813 e. The van der Waals surface area contributed by atoms with Crippen molar-refractivity contribution < 1.29 is 5.11 Å². The van der Waals surface area contributed by atoms with Gasteiger partial charge in [-0.15, -0.1) is 0 Å². The van der Waals surface area contributed by atoms with E-state index in [0.29, 0.717) is 5.92 Å². The molecule has 1 saturated carbocycles. The van der Waals surface area contributed by atoms with Crippen molar-refractivity contribution in [1.29, 1.82) is 0 Å². The fourth-order valence-electron chi connectivity index (χ4n) is 1.80. The summed E-state index contributed by atoms with van der Waals surface area (Å²) in [5.41, 5.74) is 2.48. The normalized spacial score (nSPS) is 18.6. The van der Waals surface area contributed by atoms with Gasteiger partial charge in [-0.1, -0.05) is 38.1 Å². The van der Waals surface area contributed by atoms with E-state index in [4.69, 9.17) is 0 Å². The van der Waals surface area contributed by atoms with E-state index >= 15 is 0 Å². The van der Waals surface area contributed by atoms with E-state index in [0.717, 1.165) is 11.5 Å². The number of benzene rings is 1. The molecule has 1 aromatic carbocycles. The van der Waals surface area contributed by atoms with Gasteiger partial charge in [0.2, 0.25) is 0 Å². The van der Waals surface area contributed by atoms with Gasteiger partial charge in [-0.25, -0.2) is 0 Å². The molecule has 76 valence electrons. The summed E-state index contributed by atoms with van der Waals surface area (Å²) in [5, 5.41) is 9.92. The summed E-state index contributed by atoms with van der Waals surface area (Å²) >= 11 is 0. The molecule has 1 aliphatic rings. The van der Waals surface area contributed by atoms with Crippen LogP contribution in [0.25, 0.3) is 0 Å². The van der Waals surface area contributed by atoms with Crippen LogP contribution in [0.3, 0.4) is 0 Å². The van der Waals surface area contributed by atoms with Crippen molar-refractivity contribution in [2.24, 2.45) is 5.92 Å². The molecule has 0 radical (unpaired) electrons. The second kappa shape index (κ2) is 3.74. The standard InChI is InChI=1S/C13H18O/c1-9(2)13(14)12-5-3-4-11(8-12)10-6-7-10/h3-5,8-10,13-14H,6-7H2,1-2H3. The molecule has 0 aliphatic heterocycles. The second-order valence-electron chi connectivity index (χ2n) is 4.63. The highest BCUT2D eigenvalue weighted by atomic mass is 16.3. The predicted molar refractivity (Wildman–Crippen MR) is 58.2 cm³/mol. The van der Waals surface area contributed by atoms with Crippen LogP contribution in [0.5, 0.6) is 0 Å². The molecule has 1 heteroatoms. The first-order valence-electron chi connectivity index (χ1n) is 5.46. The average molecular weight is 190 g/mol. The lowest BCUT2D eigenvalue weighted by Crippen LogP contribution is -2.05. The molecule has 1 unspecified atom stereocenters. The van der Waals surface area contributed by atoms with E-state index in [-0.39, 0.29) is 6.10 Å². The van der Waals surface area contributed by atoms with Gasteiger partial charge in [0.25, 0.3) is 0 Å². The Bertz CT molecular complexity index is 313. The highest BCUT2D eigenvalue weighted by molar-refractivity contribution is 5.30. The Kier molecular flexibility index (Phi) is 2.60. The van der Waals surface area contributed by atoms with Crippen LogP contribution in [-0.2, 0) is 0 Å². The fourth-order valence-corrected chi connectivity index (χ4v) is 1.80. The van der Waals surface area contributed by atoms with E-state index in [9.17, 15) is 5.11 Å².